The highest BCUT2D eigenvalue weighted by Crippen LogP contribution is 2.43. The molecule has 0 aromatic carbocycles. The second kappa shape index (κ2) is 51.2. The van der Waals surface area contributed by atoms with Crippen molar-refractivity contribution in [3.8, 4) is 0 Å². The second-order valence-electron chi connectivity index (χ2n) is 36.0. The molecule has 11 saturated heterocycles. The number of carbonyl (C=O) groups excluding carboxylic acids is 5. The van der Waals surface area contributed by atoms with E-state index in [1.54, 1.807) is 0 Å². The van der Waals surface area contributed by atoms with Gasteiger partial charge in [-0.25, -0.2) is 4.79 Å². The van der Waals surface area contributed by atoms with Gasteiger partial charge in [-0.1, -0.05) is 0 Å². The van der Waals surface area contributed by atoms with Gasteiger partial charge in [0.1, 0.15) is 263 Å². The molecule has 11 fully saturated rings. The van der Waals surface area contributed by atoms with E-state index in [4.69, 9.17) is 99.5 Å². The number of rotatable bonds is 39. The maximum atomic E-state index is 13.4. The third kappa shape index (κ3) is 26.4. The van der Waals surface area contributed by atoms with E-state index in [1.807, 2.05) is 0 Å². The highest BCUT2D eigenvalue weighted by atomic mass is 16.8. The number of carbonyl (C=O) groups is 6. The van der Waals surface area contributed by atoms with Crippen LogP contribution in [0.2, 0.25) is 0 Å². The SMILES string of the molecule is CC(=O)N[C@@H]1[C@@H](O)[C@H](O[C@@H]2O[C@H](CO)[C@@H](O[C@@H]3O[C@H](CO[C@H]4O[C@H](CO)[C@@H](O)[C@H](O)[C@@H]4O[C@@H]4O[C@H](CO)[C@@H](O[C@@H]5O[C@H](CO[C@]6(C(=O)O)C[C@H](O)[C@@H](NC(=O)CO)[C@H]([C@H](O)[C@H](O)CO)O6)[C@H](O)[C@H](O)[C@H]5O)[C@H](O)[C@H]4NC(C)=O)[C@@H](O)[C@H](O[C@H]4O[C@H](CO)[C@@H](O)[C@H](O)[C@@H]4O[C@@H]4O[C@H](CO)[C@@H](O[C@@H]5O[C@H](CO)[C@H](O)[C@H](O)[C@H]5O)[C@H](O)[C@H]4NC(C)=O)[C@@H]3O)[C@H](O)[C@H]2NC(C)=O)[C@@H](CO[C@H]2O[C@H](C)[C@H](O)[C@H](O)[C@H]2O)O[C@H]1O. The van der Waals surface area contributed by atoms with Crippen LogP contribution in [-0.4, -0.2) is 615 Å². The smallest absolute Gasteiger partial charge is 0.364 e. The first-order valence-electron chi connectivity index (χ1n) is 45.3. The zero-order valence-corrected chi connectivity index (χ0v) is 76.6. The van der Waals surface area contributed by atoms with Crippen LogP contribution in [0, 0.1) is 0 Å². The topological polar surface area (TPSA) is 1000 Å². The highest BCUT2D eigenvalue weighted by molar-refractivity contribution is 5.78. The number of carboxylic acid groups (broad SMARTS) is 1. The summed E-state index contributed by atoms with van der Waals surface area (Å²) < 4.78 is 125. The van der Waals surface area contributed by atoms with Crippen molar-refractivity contribution in [3.05, 3.63) is 0 Å². The molecule has 0 spiro atoms. The third-order valence-corrected chi connectivity index (χ3v) is 26.0. The lowest BCUT2D eigenvalue weighted by Gasteiger charge is -2.51. The fourth-order valence-corrected chi connectivity index (χ4v) is 18.3. The first-order chi connectivity index (χ1) is 67.5. The first-order valence-corrected chi connectivity index (χ1v) is 45.3. The lowest BCUT2D eigenvalue weighted by Crippen LogP contribution is -2.71. The Kier molecular flexibility index (Phi) is 42.3. The summed E-state index contributed by atoms with van der Waals surface area (Å²) in [6.45, 7) is -8.34. The standard InChI is InChI=1S/C79H131N5O59/c1-18-40(100)51(111)56(116)72(126-18)123-16-33-63(47(107)36(68(120)127-33)80-19(2)93)136-69-37(81-20(3)94)48(108)62(30(13-91)131-69)139-75-59(119)65(140-77-67(55(115)44(104)27(10-88)130-77)142-71-39(83-22(5)96)50(110)60(28(11-89)133-71)137-73-57(117)52(112)42(102)25(8-86)128-73)46(106)31(134-75)15-124-76-66(54(114)43(103)26(9-87)129-76)141-70-38(82-21(4)95)49(109)61(29(12-90)132-70)138-74-58(118)53(113)45(105)32(135-74)17-125-79(78(121)122)6-23(97)35(84-34(99)14-92)64(143-79)41(101)24(98)7-85/h18,23-33,35-77,85-92,97-98,100-120H,6-17H2,1-5H3,(H,80,93)(H,81,94)(H,82,95)(H,83,96)(H,84,99)(H,121,122)/t18-,23+,24-,25-,26-,27-,28-,29-,30-,31-,32-,33-,35-,36-,37-,38-,39-,40+,41-,42+,43-,44-,45+,46-,47-,48-,49-,50-,51+,52+,53+,54+,55+,56-,57-,58-,59+,60-,61-,62-,63-,64-,65+,66+,67+,68-,69+,70+,71+,72+,73+,74+,75+,76+,77-,79-/m1/s1. The van der Waals surface area contributed by atoms with Crippen molar-refractivity contribution < 1.29 is 292 Å². The minimum Gasteiger partial charge on any atom is -0.477 e. The summed E-state index contributed by atoms with van der Waals surface area (Å²) in [6.07, 6.45) is -110. The van der Waals surface area contributed by atoms with Crippen molar-refractivity contribution in [1.29, 1.82) is 0 Å². The second-order valence-corrected chi connectivity index (χ2v) is 36.0. The fourth-order valence-electron chi connectivity index (χ4n) is 18.3. The molecular weight excluding hydrogens is 1960 g/mol. The van der Waals surface area contributed by atoms with Gasteiger partial charge in [-0.15, -0.1) is 0 Å². The minimum atomic E-state index is -3.18. The highest BCUT2D eigenvalue weighted by Gasteiger charge is 2.64. The van der Waals surface area contributed by atoms with Gasteiger partial charge >= 0.3 is 5.97 Å². The molecule has 56 atom stereocenters. The van der Waals surface area contributed by atoms with Gasteiger partial charge in [0.2, 0.25) is 29.5 Å². The Hall–Kier alpha value is -5.26. The van der Waals surface area contributed by atoms with Crippen molar-refractivity contribution in [2.75, 3.05) is 72.7 Å². The number of aliphatic carboxylic acids is 1. The van der Waals surface area contributed by atoms with Gasteiger partial charge in [0, 0.05) is 34.1 Å². The molecule has 0 saturated carbocycles. The zero-order chi connectivity index (χ0) is 106. The summed E-state index contributed by atoms with van der Waals surface area (Å²) in [6, 6.07) is -9.87. The molecule has 0 aromatic rings. The molecule has 0 aliphatic carbocycles. The van der Waals surface area contributed by atoms with Crippen LogP contribution >= 0.6 is 0 Å². The van der Waals surface area contributed by atoms with E-state index in [-0.39, 0.29) is 0 Å². The fraction of sp³-hybridized carbons (Fsp3) is 0.924. The van der Waals surface area contributed by atoms with Crippen LogP contribution in [-0.2, 0) is 128 Å². The first kappa shape index (κ1) is 118. The van der Waals surface area contributed by atoms with E-state index in [9.17, 15) is 192 Å². The molecule has 11 aliphatic rings. The Balaban J connectivity index is 0.901. The summed E-state index contributed by atoms with van der Waals surface area (Å²) >= 11 is 0. The van der Waals surface area contributed by atoms with Gasteiger partial charge in [0.05, 0.1) is 84.3 Å². The van der Waals surface area contributed by atoms with Gasteiger partial charge in [-0.2, -0.15) is 0 Å². The molecule has 826 valence electrons. The van der Waals surface area contributed by atoms with E-state index in [2.05, 4.69) is 26.6 Å². The Morgan fingerprint density at radius 2 is 0.650 bits per heavy atom. The van der Waals surface area contributed by atoms with Crippen molar-refractivity contribution in [2.24, 2.45) is 0 Å². The third-order valence-electron chi connectivity index (χ3n) is 26.0. The average molecular weight is 2090 g/mol. The Morgan fingerprint density at radius 1 is 0.315 bits per heavy atom. The average Bonchev–Trinajstić information content (AvgIpc) is 0.758. The van der Waals surface area contributed by atoms with Crippen molar-refractivity contribution in [3.63, 3.8) is 0 Å². The lowest BCUT2D eigenvalue weighted by molar-refractivity contribution is -0.399. The largest absolute Gasteiger partial charge is 0.477 e. The summed E-state index contributed by atoms with van der Waals surface area (Å²) in [5, 5.41) is 369. The van der Waals surface area contributed by atoms with Crippen molar-refractivity contribution in [1.82, 2.24) is 26.6 Å². The van der Waals surface area contributed by atoms with Gasteiger partial charge in [0.15, 0.2) is 62.9 Å². The van der Waals surface area contributed by atoms with Gasteiger partial charge in [0.25, 0.3) is 5.79 Å². The van der Waals surface area contributed by atoms with Crippen molar-refractivity contribution in [2.45, 2.75) is 384 Å². The van der Waals surface area contributed by atoms with Crippen LogP contribution in [0.25, 0.3) is 0 Å². The van der Waals surface area contributed by atoms with Crippen LogP contribution in [0.15, 0.2) is 0 Å². The number of hydrogen-bond donors (Lipinski definition) is 37. The summed E-state index contributed by atoms with van der Waals surface area (Å²) in [5.74, 6) is -10.5. The number of nitrogens with one attached hydrogen (secondary N) is 5. The molecule has 0 aromatic heterocycles. The molecular formula is C79H131N5O59. The molecule has 37 N–H and O–H groups in total. The van der Waals surface area contributed by atoms with Crippen LogP contribution in [0.1, 0.15) is 41.0 Å². The molecule has 11 aliphatic heterocycles. The number of amides is 5. The number of ether oxygens (including phenoxy) is 21. The van der Waals surface area contributed by atoms with Gasteiger partial charge in [-0.05, 0) is 6.92 Å². The van der Waals surface area contributed by atoms with Crippen LogP contribution in [0.3, 0.4) is 0 Å². The monoisotopic (exact) mass is 2090 g/mol. The van der Waals surface area contributed by atoms with Crippen LogP contribution in [0.5, 0.6) is 0 Å². The van der Waals surface area contributed by atoms with Crippen molar-refractivity contribution >= 4 is 35.5 Å². The van der Waals surface area contributed by atoms with Gasteiger partial charge in [-0.3, -0.25) is 24.0 Å². The van der Waals surface area contributed by atoms with E-state index < -0.39 is 458 Å². The maximum absolute atomic E-state index is 13.4. The molecule has 0 unspecified atom stereocenters. The summed E-state index contributed by atoms with van der Waals surface area (Å²) in [7, 11) is 0. The van der Waals surface area contributed by atoms with E-state index in [0.717, 1.165) is 27.7 Å². The van der Waals surface area contributed by atoms with E-state index in [1.165, 1.54) is 6.92 Å². The van der Waals surface area contributed by atoms with E-state index >= 15 is 0 Å². The Morgan fingerprint density at radius 3 is 1.08 bits per heavy atom. The predicted molar refractivity (Wildman–Crippen MR) is 438 cm³/mol. The zero-order valence-electron chi connectivity index (χ0n) is 76.6. The van der Waals surface area contributed by atoms with Gasteiger partial charge < -0.3 is 289 Å². The molecule has 143 heavy (non-hydrogen) atoms. The predicted octanol–water partition coefficient (Wildman–Crippen LogP) is -25.1. The minimum absolute atomic E-state index is 0.857. The summed E-state index contributed by atoms with van der Waals surface area (Å²) in [5.41, 5.74) is 0. The lowest BCUT2D eigenvalue weighted by atomic mass is 9.88. The van der Waals surface area contributed by atoms with Crippen LogP contribution in [0.4, 0.5) is 0 Å². The molecule has 64 heteroatoms. The Labute approximate surface area is 808 Å². The molecule has 11 rings (SSSR count). The number of hydrogen-bond acceptors (Lipinski definition) is 58. The Bertz CT molecular complexity index is 4030. The maximum Gasteiger partial charge on any atom is 0.364 e. The molecule has 11 heterocycles. The normalized spacial score (nSPS) is 47.8. The van der Waals surface area contributed by atoms with E-state index in [0.29, 0.717) is 0 Å². The number of carboxylic acids is 1. The molecule has 0 bridgehead atoms. The molecule has 64 nitrogen and oxygen atoms in total. The quantitative estimate of drug-likeness (QED) is 0.0272. The number of aliphatic hydroxyl groups is 31. The van der Waals surface area contributed by atoms with Crippen LogP contribution < -0.4 is 26.6 Å². The number of aliphatic hydroxyl groups excluding tert-OH is 31. The molecule has 0 radical (unpaired) electrons. The molecule has 5 amide bonds. The summed E-state index contributed by atoms with van der Waals surface area (Å²) in [4.78, 5) is 77.6.